The van der Waals surface area contributed by atoms with E-state index in [9.17, 15) is 13.4 Å². The first-order valence-corrected chi connectivity index (χ1v) is 6.02. The fraction of sp³-hybridized carbons (Fsp3) is 0.333. The van der Waals surface area contributed by atoms with Crippen molar-refractivity contribution in [1.82, 2.24) is 10.3 Å². The molecule has 4 nitrogen and oxygen atoms in total. The van der Waals surface area contributed by atoms with Gasteiger partial charge in [0.15, 0.2) is 0 Å². The summed E-state index contributed by atoms with van der Waals surface area (Å²) in [6, 6.07) is 2.83. The Kier molecular flexibility index (Phi) is 4.36. The molecule has 0 aliphatic heterocycles. The van der Waals surface area contributed by atoms with Crippen molar-refractivity contribution in [3.63, 3.8) is 0 Å². The SMILES string of the molecule is CS(=O)CCNC(=O)c1cccnc1F. The van der Waals surface area contributed by atoms with Crippen molar-refractivity contribution >= 4 is 16.7 Å². The van der Waals surface area contributed by atoms with E-state index in [2.05, 4.69) is 10.3 Å². The van der Waals surface area contributed by atoms with Gasteiger partial charge in [0.05, 0.1) is 5.56 Å². The summed E-state index contributed by atoms with van der Waals surface area (Å²) >= 11 is 0. The van der Waals surface area contributed by atoms with Crippen molar-refractivity contribution in [2.75, 3.05) is 18.6 Å². The zero-order valence-electron chi connectivity index (χ0n) is 8.20. The molecule has 0 aliphatic carbocycles. The molecule has 1 atom stereocenters. The van der Waals surface area contributed by atoms with Crippen molar-refractivity contribution in [2.45, 2.75) is 0 Å². The second kappa shape index (κ2) is 5.55. The smallest absolute Gasteiger partial charge is 0.255 e. The number of halogens is 1. The summed E-state index contributed by atoms with van der Waals surface area (Å²) < 4.78 is 23.7. The molecule has 1 aromatic rings. The van der Waals surface area contributed by atoms with E-state index < -0.39 is 22.7 Å². The molecule has 0 fully saturated rings. The molecule has 1 rings (SSSR count). The number of hydrogen-bond acceptors (Lipinski definition) is 3. The molecule has 0 spiro atoms. The number of nitrogens with zero attached hydrogens (tertiary/aromatic N) is 1. The van der Waals surface area contributed by atoms with Gasteiger partial charge in [0.2, 0.25) is 5.95 Å². The summed E-state index contributed by atoms with van der Waals surface area (Å²) in [6.07, 6.45) is 2.81. The van der Waals surface area contributed by atoms with Crippen LogP contribution in [0.15, 0.2) is 18.3 Å². The molecule has 82 valence electrons. The van der Waals surface area contributed by atoms with E-state index in [-0.39, 0.29) is 12.1 Å². The molecule has 1 aromatic heterocycles. The van der Waals surface area contributed by atoms with Crippen LogP contribution in [-0.2, 0) is 10.8 Å². The number of rotatable bonds is 4. The molecular weight excluding hydrogens is 219 g/mol. The predicted octanol–water partition coefficient (Wildman–Crippen LogP) is 0.329. The van der Waals surface area contributed by atoms with Crippen molar-refractivity contribution in [3.8, 4) is 0 Å². The average molecular weight is 230 g/mol. The highest BCUT2D eigenvalue weighted by molar-refractivity contribution is 7.84. The Bertz CT molecular complexity index is 384. The lowest BCUT2D eigenvalue weighted by molar-refractivity contribution is 0.0951. The Morgan fingerprint density at radius 1 is 1.67 bits per heavy atom. The monoisotopic (exact) mass is 230 g/mol. The third kappa shape index (κ3) is 3.75. The number of amides is 1. The van der Waals surface area contributed by atoms with Crippen LogP contribution < -0.4 is 5.32 Å². The number of pyridine rings is 1. The number of carbonyl (C=O) groups excluding carboxylic acids is 1. The Morgan fingerprint density at radius 3 is 3.00 bits per heavy atom. The van der Waals surface area contributed by atoms with Crippen molar-refractivity contribution < 1.29 is 13.4 Å². The molecule has 0 bridgehead atoms. The zero-order chi connectivity index (χ0) is 11.3. The molecule has 1 amide bonds. The summed E-state index contributed by atoms with van der Waals surface area (Å²) in [7, 11) is -0.968. The minimum Gasteiger partial charge on any atom is -0.351 e. The van der Waals surface area contributed by atoms with Gasteiger partial charge >= 0.3 is 0 Å². The van der Waals surface area contributed by atoms with Gasteiger partial charge in [-0.3, -0.25) is 9.00 Å². The lowest BCUT2D eigenvalue weighted by atomic mass is 10.2. The topological polar surface area (TPSA) is 59.1 Å². The van der Waals surface area contributed by atoms with Crippen LogP contribution in [0.4, 0.5) is 4.39 Å². The summed E-state index contributed by atoms with van der Waals surface area (Å²) in [5.41, 5.74) is -0.0978. The standard InChI is InChI=1S/C9H11FN2O2S/c1-15(14)6-5-12-9(13)7-3-2-4-11-8(7)10/h2-4H,5-6H2,1H3,(H,12,13). The summed E-state index contributed by atoms with van der Waals surface area (Å²) in [6.45, 7) is 0.260. The van der Waals surface area contributed by atoms with Gasteiger partial charge in [-0.25, -0.2) is 4.98 Å². The normalized spacial score (nSPS) is 12.1. The largest absolute Gasteiger partial charge is 0.351 e. The number of hydrogen-bond donors (Lipinski definition) is 1. The summed E-state index contributed by atoms with van der Waals surface area (Å²) in [4.78, 5) is 14.7. The Hall–Kier alpha value is -1.30. The second-order valence-corrected chi connectivity index (χ2v) is 4.43. The van der Waals surface area contributed by atoms with Gasteiger partial charge in [0, 0.05) is 35.5 Å². The van der Waals surface area contributed by atoms with Gasteiger partial charge < -0.3 is 5.32 Å². The lowest BCUT2D eigenvalue weighted by Gasteiger charge is -2.03. The van der Waals surface area contributed by atoms with Crippen molar-refractivity contribution in [3.05, 3.63) is 29.8 Å². The molecule has 6 heteroatoms. The van der Waals surface area contributed by atoms with Crippen LogP contribution in [0.2, 0.25) is 0 Å². The van der Waals surface area contributed by atoms with Crippen LogP contribution in [0.5, 0.6) is 0 Å². The fourth-order valence-electron chi connectivity index (χ4n) is 0.959. The lowest BCUT2D eigenvalue weighted by Crippen LogP contribution is -2.28. The molecule has 0 saturated carbocycles. The highest BCUT2D eigenvalue weighted by Crippen LogP contribution is 2.01. The minimum absolute atomic E-state index is 0.0978. The van der Waals surface area contributed by atoms with Crippen molar-refractivity contribution in [1.29, 1.82) is 0 Å². The molecule has 1 heterocycles. The predicted molar refractivity (Wildman–Crippen MR) is 55.5 cm³/mol. The summed E-state index contributed by atoms with van der Waals surface area (Å²) in [5.74, 6) is -0.980. The van der Waals surface area contributed by atoms with Gasteiger partial charge in [-0.2, -0.15) is 4.39 Å². The van der Waals surface area contributed by atoms with Crippen LogP contribution in [0.3, 0.4) is 0 Å². The maximum Gasteiger partial charge on any atom is 0.255 e. The molecule has 0 radical (unpaired) electrons. The van der Waals surface area contributed by atoms with Crippen LogP contribution in [0.25, 0.3) is 0 Å². The van der Waals surface area contributed by atoms with Crippen molar-refractivity contribution in [2.24, 2.45) is 0 Å². The molecular formula is C9H11FN2O2S. The highest BCUT2D eigenvalue weighted by Gasteiger charge is 2.10. The molecule has 15 heavy (non-hydrogen) atoms. The van der Waals surface area contributed by atoms with Gasteiger partial charge in [-0.1, -0.05) is 0 Å². The van der Waals surface area contributed by atoms with E-state index in [1.165, 1.54) is 24.6 Å². The minimum atomic E-state index is -0.968. The third-order valence-corrected chi connectivity index (χ3v) is 2.46. The number of aromatic nitrogens is 1. The molecule has 1 N–H and O–H groups in total. The van der Waals surface area contributed by atoms with Gasteiger partial charge in [0.1, 0.15) is 0 Å². The molecule has 0 saturated heterocycles. The third-order valence-electron chi connectivity index (χ3n) is 1.68. The van der Waals surface area contributed by atoms with E-state index in [4.69, 9.17) is 0 Å². The van der Waals surface area contributed by atoms with E-state index in [0.717, 1.165) is 0 Å². The Labute approximate surface area is 89.4 Å². The van der Waals surface area contributed by atoms with E-state index in [1.54, 1.807) is 0 Å². The van der Waals surface area contributed by atoms with Crippen LogP contribution >= 0.6 is 0 Å². The highest BCUT2D eigenvalue weighted by atomic mass is 32.2. The number of nitrogens with one attached hydrogen (secondary N) is 1. The zero-order valence-corrected chi connectivity index (χ0v) is 9.01. The van der Waals surface area contributed by atoms with E-state index in [0.29, 0.717) is 5.75 Å². The first kappa shape index (κ1) is 11.8. The van der Waals surface area contributed by atoms with E-state index in [1.807, 2.05) is 0 Å². The molecule has 0 aromatic carbocycles. The quantitative estimate of drug-likeness (QED) is 0.758. The Balaban J connectivity index is 2.54. The van der Waals surface area contributed by atoms with Crippen LogP contribution in [0.1, 0.15) is 10.4 Å². The van der Waals surface area contributed by atoms with E-state index >= 15 is 0 Å². The van der Waals surface area contributed by atoms with Gasteiger partial charge in [-0.15, -0.1) is 0 Å². The first-order valence-electron chi connectivity index (χ1n) is 4.30. The fourth-order valence-corrected chi connectivity index (χ4v) is 1.35. The maximum atomic E-state index is 13.0. The number of carbonyl (C=O) groups is 1. The van der Waals surface area contributed by atoms with Gasteiger partial charge in [-0.05, 0) is 12.1 Å². The Morgan fingerprint density at radius 2 is 2.40 bits per heavy atom. The van der Waals surface area contributed by atoms with Gasteiger partial charge in [0.25, 0.3) is 5.91 Å². The van der Waals surface area contributed by atoms with Crippen LogP contribution in [-0.4, -0.2) is 33.7 Å². The second-order valence-electron chi connectivity index (χ2n) is 2.87. The molecule has 0 aliphatic rings. The maximum absolute atomic E-state index is 13.0. The first-order chi connectivity index (χ1) is 7.11. The molecule has 1 unspecified atom stereocenters. The average Bonchev–Trinajstić information content (AvgIpc) is 2.17. The van der Waals surface area contributed by atoms with Crippen LogP contribution in [0, 0.1) is 5.95 Å². The summed E-state index contributed by atoms with van der Waals surface area (Å²) in [5, 5.41) is 2.46.